The van der Waals surface area contributed by atoms with Crippen molar-refractivity contribution in [2.24, 2.45) is 17.6 Å². The Kier molecular flexibility index (Phi) is 26.8. The van der Waals surface area contributed by atoms with Gasteiger partial charge in [-0.25, -0.2) is 9.59 Å². The first-order valence-electron chi connectivity index (χ1n) is 24.4. The van der Waals surface area contributed by atoms with Crippen LogP contribution in [0.15, 0.2) is 97.7 Å². The molecule has 2 saturated heterocycles. The fourth-order valence-electron chi connectivity index (χ4n) is 8.45. The van der Waals surface area contributed by atoms with Crippen molar-refractivity contribution in [3.63, 3.8) is 0 Å². The Bertz CT molecular complexity index is 1890. The topological polar surface area (TPSA) is 350 Å². The standard InChI is InChI=1S/C51H79N3O18/c1-6-23-68-50(66)54-44-46(63)33(5)70-48(47(44)64)71-37-20-18-16-14-12-10-8-7-9-11-13-15-17-19-30(2)45(62)31(3)32(4)69-42(61)26-35(56)24-34(55)21-22-38(58)39(59)25-36(57)28-51(67)29-40(60)43(53-49(52)65)41(27-37)72-51/h6-20,30-41,43-48,55-60,62-64,67H,1,21-29H2,2-5H3,(H,54,66)(H3,52,53,65)/b8-7+,11-9+,12-10+,15-13+,16-14+,19-17+,20-18+/t30-,31-,32-,33+,34+,35+,36-,37-,38+,39+,40-,41-,43+,44-,45+,46+,47-,48-,51+/m0/s1. The monoisotopic (exact) mass is 1020 g/mol. The van der Waals surface area contributed by atoms with Crippen molar-refractivity contribution in [3.8, 4) is 0 Å². The van der Waals surface area contributed by atoms with Gasteiger partial charge in [-0.05, 0) is 33.1 Å². The molecule has 3 rings (SSSR count). The van der Waals surface area contributed by atoms with Gasteiger partial charge in [-0.1, -0.05) is 112 Å². The highest BCUT2D eigenvalue weighted by molar-refractivity contribution is 5.72. The molecule has 0 aromatic carbocycles. The van der Waals surface area contributed by atoms with Crippen LogP contribution in [0.1, 0.15) is 79.1 Å². The summed E-state index contributed by atoms with van der Waals surface area (Å²) in [5.74, 6) is -3.80. The van der Waals surface area contributed by atoms with Crippen LogP contribution >= 0.6 is 0 Å². The van der Waals surface area contributed by atoms with Crippen LogP contribution in [0.5, 0.6) is 0 Å². The first-order chi connectivity index (χ1) is 34.0. The number of hydrogen-bond acceptors (Lipinski definition) is 18. The average Bonchev–Trinajstić information content (AvgIpc) is 3.30. The molecule has 0 unspecified atom stereocenters. The SMILES string of the molecule is C=CCOC(=O)N[C@@H]1[C@H](O)[C@H](O[C@H]2/C=C/C=C/C=C/C=C/C=C/C=C/C=C/[C@H](C)[C@@H](O)[C@@H](C)[C@H](C)OC(=O)C[C@H](O)C[C@H](O)CC[C@@H](O)[C@H](O)C[C@H](O)C[C@]3(O)C[C@H](O)[C@@H](NC(N)=O)[C@H](C2)O3)O[C@H](C)[C@H]1O. The zero-order valence-electron chi connectivity index (χ0n) is 41.4. The Morgan fingerprint density at radius 3 is 1.90 bits per heavy atom. The molecule has 21 nitrogen and oxygen atoms in total. The summed E-state index contributed by atoms with van der Waals surface area (Å²) >= 11 is 0. The molecule has 0 aliphatic carbocycles. The van der Waals surface area contributed by atoms with Crippen LogP contribution in [0.25, 0.3) is 0 Å². The molecule has 19 atom stereocenters. The number of carbonyl (C=O) groups excluding carboxylic acids is 3. The molecule has 0 radical (unpaired) electrons. The Balaban J connectivity index is 1.93. The lowest BCUT2D eigenvalue weighted by atomic mass is 9.87. The minimum atomic E-state index is -2.31. The van der Waals surface area contributed by atoms with Gasteiger partial charge in [0.1, 0.15) is 24.9 Å². The Morgan fingerprint density at radius 2 is 1.31 bits per heavy atom. The molecule has 0 aromatic heterocycles. The number of alkyl carbamates (subject to hydrolysis) is 1. The number of nitrogens with two attached hydrogens (primary N) is 1. The summed E-state index contributed by atoms with van der Waals surface area (Å²) < 4.78 is 28.6. The molecule has 406 valence electrons. The zero-order chi connectivity index (χ0) is 53.5. The van der Waals surface area contributed by atoms with E-state index < -0.39 is 153 Å². The molecule has 3 aliphatic rings. The van der Waals surface area contributed by atoms with Crippen molar-refractivity contribution in [1.29, 1.82) is 0 Å². The van der Waals surface area contributed by atoms with Gasteiger partial charge in [0.15, 0.2) is 12.1 Å². The lowest BCUT2D eigenvalue weighted by Crippen LogP contribution is -2.64. The third-order valence-corrected chi connectivity index (χ3v) is 12.6. The predicted molar refractivity (Wildman–Crippen MR) is 263 cm³/mol. The second kappa shape index (κ2) is 31.2. The van der Waals surface area contributed by atoms with Crippen LogP contribution in [0.2, 0.25) is 0 Å². The molecule has 3 heterocycles. The van der Waals surface area contributed by atoms with Crippen molar-refractivity contribution in [1.82, 2.24) is 10.6 Å². The molecular weight excluding hydrogens is 943 g/mol. The number of urea groups is 1. The lowest BCUT2D eigenvalue weighted by Gasteiger charge is -2.46. The first-order valence-corrected chi connectivity index (χ1v) is 24.4. The van der Waals surface area contributed by atoms with Gasteiger partial charge < -0.3 is 91.1 Å². The Hall–Kier alpha value is -4.59. The molecule has 72 heavy (non-hydrogen) atoms. The normalized spacial score (nSPS) is 41.9. The number of esters is 1. The van der Waals surface area contributed by atoms with E-state index in [1.165, 1.54) is 19.1 Å². The largest absolute Gasteiger partial charge is 0.462 e. The Morgan fingerprint density at radius 1 is 0.708 bits per heavy atom. The highest BCUT2D eigenvalue weighted by atomic mass is 16.7. The maximum absolute atomic E-state index is 12.7. The van der Waals surface area contributed by atoms with E-state index in [2.05, 4.69) is 17.2 Å². The highest BCUT2D eigenvalue weighted by Crippen LogP contribution is 2.35. The van der Waals surface area contributed by atoms with Gasteiger partial charge >= 0.3 is 18.1 Å². The van der Waals surface area contributed by atoms with Gasteiger partial charge in [-0.2, -0.15) is 0 Å². The van der Waals surface area contributed by atoms with Crippen molar-refractivity contribution in [2.45, 2.75) is 183 Å². The number of aliphatic hydroxyl groups excluding tert-OH is 9. The number of primary amides is 1. The van der Waals surface area contributed by atoms with Crippen molar-refractivity contribution in [3.05, 3.63) is 97.7 Å². The molecular formula is C51H79N3O18. The molecule has 14 N–H and O–H groups in total. The minimum absolute atomic E-state index is 0.116. The maximum atomic E-state index is 12.7. The number of allylic oxidation sites excluding steroid dienone is 12. The molecule has 3 amide bonds. The summed E-state index contributed by atoms with van der Waals surface area (Å²) in [6.07, 6.45) is 3.37. The molecule has 0 saturated carbocycles. The number of fused-ring (bicyclic) bond motifs is 2. The Labute approximate surface area is 421 Å². The molecule has 2 fully saturated rings. The van der Waals surface area contributed by atoms with E-state index in [-0.39, 0.29) is 38.2 Å². The molecule has 0 spiro atoms. The molecule has 0 aromatic rings. The number of rotatable bonds is 6. The zero-order valence-corrected chi connectivity index (χ0v) is 41.4. The van der Waals surface area contributed by atoms with Gasteiger partial charge in [0.05, 0.1) is 79.5 Å². The van der Waals surface area contributed by atoms with Crippen LogP contribution in [0.3, 0.4) is 0 Å². The van der Waals surface area contributed by atoms with Crippen LogP contribution in [-0.2, 0) is 28.5 Å². The average molecular weight is 1020 g/mol. The fourth-order valence-corrected chi connectivity index (χ4v) is 8.45. The third-order valence-electron chi connectivity index (χ3n) is 12.6. The summed E-state index contributed by atoms with van der Waals surface area (Å²) in [6, 6.07) is -3.65. The van der Waals surface area contributed by atoms with Crippen LogP contribution in [-0.4, -0.2) is 179 Å². The summed E-state index contributed by atoms with van der Waals surface area (Å²) in [5, 5.41) is 115. The van der Waals surface area contributed by atoms with E-state index >= 15 is 0 Å². The third kappa shape index (κ3) is 21.5. The predicted octanol–water partition coefficient (Wildman–Crippen LogP) is 1.00. The summed E-state index contributed by atoms with van der Waals surface area (Å²) in [5.41, 5.74) is 5.48. The molecule has 3 aliphatic heterocycles. The summed E-state index contributed by atoms with van der Waals surface area (Å²) in [4.78, 5) is 37.3. The van der Waals surface area contributed by atoms with Gasteiger partial charge in [-0.15, -0.1) is 0 Å². The molecule has 21 heteroatoms. The number of nitrogens with one attached hydrogen (secondary N) is 2. The van der Waals surface area contributed by atoms with Crippen LogP contribution < -0.4 is 16.4 Å². The van der Waals surface area contributed by atoms with Gasteiger partial charge in [0.25, 0.3) is 0 Å². The van der Waals surface area contributed by atoms with E-state index in [1.807, 2.05) is 13.0 Å². The molecule has 2 bridgehead atoms. The van der Waals surface area contributed by atoms with Crippen LogP contribution in [0.4, 0.5) is 9.59 Å². The second-order valence-corrected chi connectivity index (χ2v) is 18.7. The van der Waals surface area contributed by atoms with E-state index in [9.17, 15) is 65.4 Å². The van der Waals surface area contributed by atoms with Crippen molar-refractivity contribution in [2.75, 3.05) is 6.61 Å². The number of aliphatic hydroxyl groups is 10. The van der Waals surface area contributed by atoms with Crippen molar-refractivity contribution < 1.29 is 89.1 Å². The van der Waals surface area contributed by atoms with Crippen LogP contribution in [0, 0.1) is 11.8 Å². The lowest BCUT2D eigenvalue weighted by molar-refractivity contribution is -0.303. The highest BCUT2D eigenvalue weighted by Gasteiger charge is 2.49. The van der Waals surface area contributed by atoms with Gasteiger partial charge in [-0.3, -0.25) is 4.79 Å². The van der Waals surface area contributed by atoms with E-state index in [1.54, 1.807) is 86.8 Å². The number of hydrogen-bond donors (Lipinski definition) is 13. The van der Waals surface area contributed by atoms with E-state index in [4.69, 9.17) is 29.4 Å². The second-order valence-electron chi connectivity index (χ2n) is 18.7. The fraction of sp³-hybridized carbons (Fsp3) is 0.627. The van der Waals surface area contributed by atoms with E-state index in [0.717, 1.165) is 0 Å². The maximum Gasteiger partial charge on any atom is 0.407 e. The quantitative estimate of drug-likeness (QED) is 0.130. The summed E-state index contributed by atoms with van der Waals surface area (Å²) in [7, 11) is 0. The van der Waals surface area contributed by atoms with E-state index in [0.29, 0.717) is 0 Å². The van der Waals surface area contributed by atoms with Gasteiger partial charge in [0, 0.05) is 37.5 Å². The number of amides is 3. The smallest absolute Gasteiger partial charge is 0.407 e. The minimum Gasteiger partial charge on any atom is -0.462 e. The van der Waals surface area contributed by atoms with Gasteiger partial charge in [0.2, 0.25) is 0 Å². The number of cyclic esters (lactones) is 1. The number of ether oxygens (including phenoxy) is 5. The summed E-state index contributed by atoms with van der Waals surface area (Å²) in [6.45, 7) is 10.0. The number of carbonyl (C=O) groups is 3. The van der Waals surface area contributed by atoms with Crippen molar-refractivity contribution >= 4 is 18.1 Å². The first kappa shape index (κ1) is 61.7.